The molecule has 0 aliphatic carbocycles. The minimum absolute atomic E-state index is 0.112. The van der Waals surface area contributed by atoms with Crippen molar-refractivity contribution in [2.24, 2.45) is 0 Å². The Labute approximate surface area is 124 Å². The average molecular weight is 289 g/mol. The summed E-state index contributed by atoms with van der Waals surface area (Å²) in [4.78, 5) is 0. The number of ether oxygens (including phenoxy) is 1. The first-order valence-electron chi connectivity index (χ1n) is 6.76. The summed E-state index contributed by atoms with van der Waals surface area (Å²) < 4.78 is 6.06. The standard InChI is InChI=1S/C17H17ClO2/c1-10-4-3-5-13(11(10)2)17-9-15(19)14-8-12(18)6-7-16(14)20-17/h3-8,15,17,19H,9H2,1-2H3. The van der Waals surface area contributed by atoms with Crippen LogP contribution >= 0.6 is 11.6 Å². The number of aliphatic hydroxyl groups is 1. The number of hydrogen-bond donors (Lipinski definition) is 1. The van der Waals surface area contributed by atoms with Gasteiger partial charge in [0.05, 0.1) is 6.10 Å². The van der Waals surface area contributed by atoms with E-state index in [1.54, 1.807) is 12.1 Å². The second kappa shape index (κ2) is 5.12. The van der Waals surface area contributed by atoms with Gasteiger partial charge < -0.3 is 9.84 Å². The Morgan fingerprint density at radius 3 is 2.75 bits per heavy atom. The molecule has 0 radical (unpaired) electrons. The van der Waals surface area contributed by atoms with Gasteiger partial charge in [-0.2, -0.15) is 0 Å². The molecule has 2 aromatic rings. The lowest BCUT2D eigenvalue weighted by Gasteiger charge is -2.31. The molecule has 0 saturated heterocycles. The highest BCUT2D eigenvalue weighted by atomic mass is 35.5. The molecule has 20 heavy (non-hydrogen) atoms. The van der Waals surface area contributed by atoms with Gasteiger partial charge in [0.15, 0.2) is 0 Å². The number of fused-ring (bicyclic) bond motifs is 1. The van der Waals surface area contributed by atoms with E-state index in [0.29, 0.717) is 11.4 Å². The number of halogens is 1. The summed E-state index contributed by atoms with van der Waals surface area (Å²) in [5, 5.41) is 11.0. The molecule has 3 heteroatoms. The van der Waals surface area contributed by atoms with Crippen LogP contribution in [0.3, 0.4) is 0 Å². The Bertz CT molecular complexity index is 651. The van der Waals surface area contributed by atoms with Crippen molar-refractivity contribution in [3.8, 4) is 5.75 Å². The lowest BCUT2D eigenvalue weighted by molar-refractivity contribution is 0.0654. The molecule has 3 rings (SSSR count). The van der Waals surface area contributed by atoms with E-state index in [-0.39, 0.29) is 6.10 Å². The quantitative estimate of drug-likeness (QED) is 0.836. The third-order valence-corrected chi connectivity index (χ3v) is 4.27. The third-order valence-electron chi connectivity index (χ3n) is 4.03. The average Bonchev–Trinajstić information content (AvgIpc) is 2.42. The molecular weight excluding hydrogens is 272 g/mol. The molecule has 1 aliphatic rings. The zero-order valence-corrected chi connectivity index (χ0v) is 12.3. The smallest absolute Gasteiger partial charge is 0.127 e. The molecule has 0 fully saturated rings. The molecule has 2 nitrogen and oxygen atoms in total. The molecule has 2 atom stereocenters. The monoisotopic (exact) mass is 288 g/mol. The van der Waals surface area contributed by atoms with Crippen LogP contribution in [0.4, 0.5) is 0 Å². The van der Waals surface area contributed by atoms with Crippen LogP contribution in [-0.4, -0.2) is 5.11 Å². The molecule has 0 bridgehead atoms. The SMILES string of the molecule is Cc1cccc(C2CC(O)c3cc(Cl)ccc3O2)c1C. The normalized spacial score (nSPS) is 21.2. The predicted octanol–water partition coefficient (Wildman–Crippen LogP) is 4.51. The minimum atomic E-state index is -0.539. The summed E-state index contributed by atoms with van der Waals surface area (Å²) in [5.41, 5.74) is 4.38. The van der Waals surface area contributed by atoms with Gasteiger partial charge in [0.25, 0.3) is 0 Å². The van der Waals surface area contributed by atoms with Crippen molar-refractivity contribution in [1.82, 2.24) is 0 Å². The molecule has 2 unspecified atom stereocenters. The van der Waals surface area contributed by atoms with Crippen LogP contribution < -0.4 is 4.74 Å². The van der Waals surface area contributed by atoms with Gasteiger partial charge in [0.2, 0.25) is 0 Å². The zero-order chi connectivity index (χ0) is 14.3. The molecule has 2 aromatic carbocycles. The summed E-state index contributed by atoms with van der Waals surface area (Å²) in [6, 6.07) is 11.6. The Kier molecular flexibility index (Phi) is 3.45. The van der Waals surface area contributed by atoms with Gasteiger partial charge in [-0.3, -0.25) is 0 Å². The van der Waals surface area contributed by atoms with Crippen molar-refractivity contribution < 1.29 is 9.84 Å². The van der Waals surface area contributed by atoms with Crippen molar-refractivity contribution >= 4 is 11.6 Å². The van der Waals surface area contributed by atoms with Gasteiger partial charge >= 0.3 is 0 Å². The molecule has 1 N–H and O–H groups in total. The van der Waals surface area contributed by atoms with E-state index in [1.165, 1.54) is 11.1 Å². The molecule has 1 aliphatic heterocycles. The topological polar surface area (TPSA) is 29.5 Å². The number of hydrogen-bond acceptors (Lipinski definition) is 2. The lowest BCUT2D eigenvalue weighted by Crippen LogP contribution is -2.20. The summed E-state index contributed by atoms with van der Waals surface area (Å²) in [7, 11) is 0. The van der Waals surface area contributed by atoms with E-state index in [0.717, 1.165) is 16.9 Å². The van der Waals surface area contributed by atoms with Gasteiger partial charge in [-0.05, 0) is 48.7 Å². The number of rotatable bonds is 1. The van der Waals surface area contributed by atoms with Crippen LogP contribution in [0.2, 0.25) is 5.02 Å². The maximum atomic E-state index is 10.3. The summed E-state index contributed by atoms with van der Waals surface area (Å²) in [5.74, 6) is 0.721. The van der Waals surface area contributed by atoms with Crippen molar-refractivity contribution in [3.05, 3.63) is 63.7 Å². The maximum absolute atomic E-state index is 10.3. The second-order valence-corrected chi connectivity index (χ2v) is 5.77. The first-order chi connectivity index (χ1) is 9.56. The van der Waals surface area contributed by atoms with Gasteiger partial charge in [-0.1, -0.05) is 29.8 Å². The van der Waals surface area contributed by atoms with Gasteiger partial charge in [-0.15, -0.1) is 0 Å². The van der Waals surface area contributed by atoms with E-state index < -0.39 is 6.10 Å². The van der Waals surface area contributed by atoms with Crippen LogP contribution in [0.1, 0.15) is 40.9 Å². The van der Waals surface area contributed by atoms with Crippen molar-refractivity contribution in [1.29, 1.82) is 0 Å². The van der Waals surface area contributed by atoms with Gasteiger partial charge in [-0.25, -0.2) is 0 Å². The van der Waals surface area contributed by atoms with Crippen LogP contribution in [0.25, 0.3) is 0 Å². The number of aryl methyl sites for hydroxylation is 1. The molecule has 1 heterocycles. The third kappa shape index (κ3) is 2.30. The van der Waals surface area contributed by atoms with Crippen LogP contribution in [0.15, 0.2) is 36.4 Å². The highest BCUT2D eigenvalue weighted by Gasteiger charge is 2.29. The second-order valence-electron chi connectivity index (χ2n) is 5.33. The van der Waals surface area contributed by atoms with Crippen LogP contribution in [-0.2, 0) is 0 Å². The van der Waals surface area contributed by atoms with Gasteiger partial charge in [0, 0.05) is 17.0 Å². The van der Waals surface area contributed by atoms with Crippen molar-refractivity contribution in [2.45, 2.75) is 32.5 Å². The Morgan fingerprint density at radius 1 is 1.15 bits per heavy atom. The van der Waals surface area contributed by atoms with Gasteiger partial charge in [0.1, 0.15) is 11.9 Å². The Hall–Kier alpha value is -1.51. The molecule has 104 valence electrons. The van der Waals surface area contributed by atoms with Crippen LogP contribution in [0.5, 0.6) is 5.75 Å². The highest BCUT2D eigenvalue weighted by molar-refractivity contribution is 6.30. The van der Waals surface area contributed by atoms with E-state index in [9.17, 15) is 5.11 Å². The fraction of sp³-hybridized carbons (Fsp3) is 0.294. The van der Waals surface area contributed by atoms with Crippen molar-refractivity contribution in [2.75, 3.05) is 0 Å². The highest BCUT2D eigenvalue weighted by Crippen LogP contribution is 2.42. The lowest BCUT2D eigenvalue weighted by atomic mass is 9.91. The summed E-state index contributed by atoms with van der Waals surface area (Å²) in [6.45, 7) is 4.18. The fourth-order valence-corrected chi connectivity index (χ4v) is 2.91. The van der Waals surface area contributed by atoms with E-state index >= 15 is 0 Å². The zero-order valence-electron chi connectivity index (χ0n) is 11.6. The molecule has 0 amide bonds. The first kappa shape index (κ1) is 13.5. The molecule has 0 aromatic heterocycles. The fourth-order valence-electron chi connectivity index (χ4n) is 2.73. The summed E-state index contributed by atoms with van der Waals surface area (Å²) in [6.07, 6.45) is -0.0987. The van der Waals surface area contributed by atoms with E-state index in [4.69, 9.17) is 16.3 Å². The minimum Gasteiger partial charge on any atom is -0.485 e. The number of aliphatic hydroxyl groups excluding tert-OH is 1. The summed E-state index contributed by atoms with van der Waals surface area (Å²) >= 11 is 5.97. The molecule has 0 saturated carbocycles. The predicted molar refractivity (Wildman–Crippen MR) is 80.3 cm³/mol. The maximum Gasteiger partial charge on any atom is 0.127 e. The van der Waals surface area contributed by atoms with Crippen LogP contribution in [0, 0.1) is 13.8 Å². The van der Waals surface area contributed by atoms with E-state index in [1.807, 2.05) is 12.1 Å². The largest absolute Gasteiger partial charge is 0.485 e. The molecular formula is C17H17ClO2. The number of benzene rings is 2. The Balaban J connectivity index is 1.99. The van der Waals surface area contributed by atoms with Crippen molar-refractivity contribution in [3.63, 3.8) is 0 Å². The first-order valence-corrected chi connectivity index (χ1v) is 7.14. The Morgan fingerprint density at radius 2 is 1.95 bits per heavy atom. The molecule has 0 spiro atoms. The van der Waals surface area contributed by atoms with E-state index in [2.05, 4.69) is 26.0 Å².